The lowest BCUT2D eigenvalue weighted by Crippen LogP contribution is -2.28. The molecule has 0 fully saturated rings. The fraction of sp³-hybridized carbons (Fsp3) is 0.0169. The lowest BCUT2D eigenvalue weighted by molar-refractivity contribution is 0.768. The number of fused-ring (bicyclic) bond motifs is 4. The number of hydrogen-bond donors (Lipinski definition) is 0. The zero-order valence-electron chi connectivity index (χ0n) is 46.0. The van der Waals surface area contributed by atoms with Crippen LogP contribution in [0.2, 0.25) is 0 Å². The van der Waals surface area contributed by atoms with Crippen LogP contribution in [0.3, 0.4) is 0 Å². The van der Waals surface area contributed by atoms with E-state index in [0.717, 1.165) is 55.3 Å². The Morgan fingerprint density at radius 3 is 1.53 bits per heavy atom. The number of hydrogen-bond acceptors (Lipinski definition) is 1. The van der Waals surface area contributed by atoms with Crippen LogP contribution in [0.1, 0.15) is 41.4 Å². The molecule has 0 amide bonds. The molecule has 1 heteroatoms. The van der Waals surface area contributed by atoms with Crippen molar-refractivity contribution in [2.45, 2.75) is 5.41 Å². The second kappa shape index (κ2) is 14.9. The molecule has 1 aliphatic rings. The zero-order chi connectivity index (χ0) is 52.1. The third kappa shape index (κ3) is 6.03. The Balaban J connectivity index is 1.14. The van der Waals surface area contributed by atoms with Crippen LogP contribution in [-0.2, 0) is 5.41 Å². The first-order chi connectivity index (χ1) is 35.6. The van der Waals surface area contributed by atoms with Crippen molar-refractivity contribution < 1.29 is 19.2 Å². The lowest BCUT2D eigenvalue weighted by Gasteiger charge is -2.35. The van der Waals surface area contributed by atoms with Crippen LogP contribution in [0.25, 0.3) is 55.3 Å². The summed E-state index contributed by atoms with van der Waals surface area (Å²) in [4.78, 5) is 1.67. The summed E-state index contributed by atoms with van der Waals surface area (Å²) < 4.78 is 123. The molecule has 10 aromatic rings. The van der Waals surface area contributed by atoms with Gasteiger partial charge in [0, 0.05) is 17.1 Å². The van der Waals surface area contributed by atoms with E-state index in [1.807, 2.05) is 115 Å². The number of benzene rings is 10. The molecule has 0 heterocycles. The maximum absolute atomic E-state index is 9.92. The van der Waals surface area contributed by atoms with E-state index in [4.69, 9.17) is 15.1 Å². The van der Waals surface area contributed by atoms with Gasteiger partial charge in [-0.15, -0.1) is 0 Å². The van der Waals surface area contributed by atoms with Gasteiger partial charge in [0.2, 0.25) is 0 Å². The van der Waals surface area contributed by atoms with Crippen molar-refractivity contribution in [2.75, 3.05) is 4.90 Å². The van der Waals surface area contributed by atoms with E-state index < -0.39 is 83.5 Å². The van der Waals surface area contributed by atoms with Crippen molar-refractivity contribution in [1.82, 2.24) is 0 Å². The molecule has 0 unspecified atom stereocenters. The number of rotatable bonds is 8. The minimum atomic E-state index is -0.851. The summed E-state index contributed by atoms with van der Waals surface area (Å²) in [5.74, 6) is 0. The largest absolute Gasteiger partial charge is 0.310 e. The van der Waals surface area contributed by atoms with E-state index >= 15 is 0 Å². The van der Waals surface area contributed by atoms with Crippen molar-refractivity contribution in [3.05, 3.63) is 271 Å². The van der Waals surface area contributed by atoms with E-state index in [-0.39, 0.29) is 28.9 Å². The Morgan fingerprint density at radius 1 is 0.333 bits per heavy atom. The highest BCUT2D eigenvalue weighted by Crippen LogP contribution is 2.57. The van der Waals surface area contributed by atoms with Gasteiger partial charge in [-0.05, 0) is 126 Å². The second-order valence-electron chi connectivity index (χ2n) is 14.6. The minimum absolute atomic E-state index is 0.0968. The molecule has 10 aromatic carbocycles. The molecule has 0 radical (unpaired) electrons. The number of nitrogens with zero attached hydrogens (tertiary/aromatic N) is 1. The molecule has 11 rings (SSSR count). The predicted molar refractivity (Wildman–Crippen MR) is 252 cm³/mol. The van der Waals surface area contributed by atoms with Gasteiger partial charge in [0.05, 0.1) is 24.6 Å². The zero-order valence-corrected chi connectivity index (χ0v) is 32.0. The Morgan fingerprint density at radius 2 is 0.867 bits per heavy atom. The second-order valence-corrected chi connectivity index (χ2v) is 14.6. The molecule has 60 heavy (non-hydrogen) atoms. The molecule has 0 atom stereocenters. The first kappa shape index (κ1) is 23.6. The molecular weight excluding hydrogens is 723 g/mol. The molecule has 0 aromatic heterocycles. The predicted octanol–water partition coefficient (Wildman–Crippen LogP) is 15.7. The molecule has 0 bridgehead atoms. The Kier molecular flexibility index (Phi) is 5.86. The molecule has 0 aliphatic heterocycles. The van der Waals surface area contributed by atoms with Gasteiger partial charge < -0.3 is 4.90 Å². The monoisotopic (exact) mass is 777 g/mol. The maximum Gasteiger partial charge on any atom is 0.0714 e. The summed E-state index contributed by atoms with van der Waals surface area (Å²) in [5, 5.41) is 1.62. The highest BCUT2D eigenvalue weighted by molar-refractivity contribution is 5.92. The molecule has 1 nitrogen and oxygen atoms in total. The minimum Gasteiger partial charge on any atom is -0.310 e. The van der Waals surface area contributed by atoms with Crippen LogP contribution in [0.5, 0.6) is 0 Å². The van der Waals surface area contributed by atoms with Crippen LogP contribution >= 0.6 is 0 Å². The normalized spacial score (nSPS) is 15.7. The van der Waals surface area contributed by atoms with E-state index in [1.54, 1.807) is 17.0 Å². The molecule has 0 saturated heterocycles. The molecule has 0 N–H and O–H groups in total. The van der Waals surface area contributed by atoms with Gasteiger partial charge in [-0.25, -0.2) is 0 Å². The average Bonchev–Trinajstić information content (AvgIpc) is 3.75. The van der Waals surface area contributed by atoms with Crippen LogP contribution in [0, 0.1) is 0 Å². The van der Waals surface area contributed by atoms with Crippen LogP contribution in [0.4, 0.5) is 17.1 Å². The van der Waals surface area contributed by atoms with Gasteiger partial charge in [0.25, 0.3) is 0 Å². The average molecular weight is 778 g/mol. The van der Waals surface area contributed by atoms with Gasteiger partial charge in [-0.3, -0.25) is 0 Å². The Bertz CT molecular complexity index is 3860. The molecule has 0 spiro atoms. The molecule has 0 saturated carbocycles. The summed E-state index contributed by atoms with van der Waals surface area (Å²) in [6.07, 6.45) is 0. The quantitative estimate of drug-likeness (QED) is 0.149. The van der Waals surface area contributed by atoms with Crippen molar-refractivity contribution in [3.63, 3.8) is 0 Å². The lowest BCUT2D eigenvalue weighted by atomic mass is 9.67. The van der Waals surface area contributed by atoms with Gasteiger partial charge in [0.15, 0.2) is 0 Å². The third-order valence-corrected chi connectivity index (χ3v) is 11.4. The highest BCUT2D eigenvalue weighted by Gasteiger charge is 2.46. The summed E-state index contributed by atoms with van der Waals surface area (Å²) in [7, 11) is 0. The summed E-state index contributed by atoms with van der Waals surface area (Å²) in [6.45, 7) is 0. The van der Waals surface area contributed by atoms with Crippen molar-refractivity contribution in [1.29, 1.82) is 0 Å². The third-order valence-electron chi connectivity index (χ3n) is 11.4. The fourth-order valence-corrected chi connectivity index (χ4v) is 8.70. The Labute approximate surface area is 371 Å². The van der Waals surface area contributed by atoms with Gasteiger partial charge >= 0.3 is 0 Å². The van der Waals surface area contributed by atoms with E-state index in [0.29, 0.717) is 16.9 Å². The van der Waals surface area contributed by atoms with Crippen molar-refractivity contribution in [2.24, 2.45) is 0 Å². The van der Waals surface area contributed by atoms with Crippen molar-refractivity contribution >= 4 is 27.8 Å². The molecule has 282 valence electrons. The van der Waals surface area contributed by atoms with Gasteiger partial charge in [-0.1, -0.05) is 200 Å². The smallest absolute Gasteiger partial charge is 0.0714 e. The summed E-state index contributed by atoms with van der Waals surface area (Å²) in [5.41, 5.74) is 7.18. The summed E-state index contributed by atoms with van der Waals surface area (Å²) in [6, 6.07) is 45.7. The standard InChI is InChI=1S/C59H41N/c1-5-16-42(17-6-1)46-20-15-25-53(40-46)60(52-34-32-44(33-35-52)48-31-29-45-28-30-47(38-49(45)39-48)43-18-7-2-8-19-43)54-36-37-56-55-26-13-14-27-57(55)59(58(56)41-54,50-21-9-3-10-22-50)51-23-11-4-12-24-51/h1-41H/i1D,2D,5D,6D,7D,8D,15D,16D,17D,18D,19D,20D,25D,40D. The van der Waals surface area contributed by atoms with E-state index in [9.17, 15) is 4.11 Å². The summed E-state index contributed by atoms with van der Waals surface area (Å²) >= 11 is 0. The molecular formula is C59H41N. The first-order valence-electron chi connectivity index (χ1n) is 26.6. The Hall–Kier alpha value is -7.74. The maximum atomic E-state index is 9.92. The number of anilines is 3. The topological polar surface area (TPSA) is 3.24 Å². The van der Waals surface area contributed by atoms with E-state index in [2.05, 4.69) is 36.4 Å². The fourth-order valence-electron chi connectivity index (χ4n) is 8.70. The van der Waals surface area contributed by atoms with Crippen LogP contribution in [-0.4, -0.2) is 0 Å². The SMILES string of the molecule is [2H]c1c([2H])c([2H])c(-c2ccc3ccc(-c4ccc(N(c5ccc6c(c5)C(c5ccccc5)(c5ccccc5)c5ccccc5-6)c5c([2H])c([2H])c([2H])c(-c6c([2H])c([2H])c([2H])c([2H])c6[2H])c5[2H])cc4)cc3c2)c([2H])c1[2H]. The van der Waals surface area contributed by atoms with Gasteiger partial charge in [0.1, 0.15) is 0 Å². The first-order valence-corrected chi connectivity index (χ1v) is 19.6. The van der Waals surface area contributed by atoms with Gasteiger partial charge in [-0.2, -0.15) is 0 Å². The van der Waals surface area contributed by atoms with E-state index in [1.165, 1.54) is 0 Å². The molecule has 1 aliphatic carbocycles. The van der Waals surface area contributed by atoms with Crippen LogP contribution in [0.15, 0.2) is 248 Å². The van der Waals surface area contributed by atoms with Crippen molar-refractivity contribution in [3.8, 4) is 44.5 Å². The highest BCUT2D eigenvalue weighted by atomic mass is 15.1. The van der Waals surface area contributed by atoms with Crippen LogP contribution < -0.4 is 4.90 Å².